The number of rotatable bonds is 9. The molecule has 1 aromatic heterocycles. The monoisotopic (exact) mass is 262 g/mol. The molecule has 0 atom stereocenters. The second kappa shape index (κ2) is 8.57. The van der Waals surface area contributed by atoms with Crippen molar-refractivity contribution in [3.05, 3.63) is 36.7 Å². The Hall–Kier alpha value is -1.51. The quantitative estimate of drug-likeness (QED) is 0.494. The molecule has 3 heteroatoms. The van der Waals surface area contributed by atoms with Gasteiger partial charge in [0.05, 0.1) is 6.54 Å². The zero-order valence-corrected chi connectivity index (χ0v) is 12.3. The van der Waals surface area contributed by atoms with E-state index in [9.17, 15) is 4.79 Å². The second-order valence-corrected chi connectivity index (χ2v) is 4.98. The van der Waals surface area contributed by atoms with Crippen LogP contribution in [0.25, 0.3) is 0 Å². The molecule has 0 aliphatic heterocycles. The van der Waals surface area contributed by atoms with Gasteiger partial charge in [-0.15, -0.1) is 6.58 Å². The van der Waals surface area contributed by atoms with E-state index in [2.05, 4.69) is 24.1 Å². The van der Waals surface area contributed by atoms with Gasteiger partial charge >= 0.3 is 0 Å². The van der Waals surface area contributed by atoms with Crippen molar-refractivity contribution in [2.75, 3.05) is 6.54 Å². The number of hydrogen-bond donors (Lipinski definition) is 0. The van der Waals surface area contributed by atoms with E-state index < -0.39 is 0 Å². The van der Waals surface area contributed by atoms with E-state index in [4.69, 9.17) is 0 Å². The predicted octanol–water partition coefficient (Wildman–Crippen LogP) is 3.51. The highest BCUT2D eigenvalue weighted by molar-refractivity contribution is 5.76. The molecule has 0 N–H and O–H groups in total. The van der Waals surface area contributed by atoms with Crippen LogP contribution in [0, 0.1) is 0 Å². The minimum absolute atomic E-state index is 0.234. The molecular formula is C16H26N2O. The van der Waals surface area contributed by atoms with Crippen LogP contribution in [0.5, 0.6) is 0 Å². The van der Waals surface area contributed by atoms with E-state index in [-0.39, 0.29) is 5.91 Å². The lowest BCUT2D eigenvalue weighted by molar-refractivity contribution is -0.131. The summed E-state index contributed by atoms with van der Waals surface area (Å²) in [4.78, 5) is 14.1. The maximum Gasteiger partial charge on any atom is 0.223 e. The Morgan fingerprint density at radius 1 is 1.42 bits per heavy atom. The summed E-state index contributed by atoms with van der Waals surface area (Å²) in [5.41, 5.74) is 1.16. The zero-order chi connectivity index (χ0) is 14.1. The molecule has 0 bridgehead atoms. The number of hydrogen-bond acceptors (Lipinski definition) is 1. The van der Waals surface area contributed by atoms with Gasteiger partial charge in [0.15, 0.2) is 0 Å². The van der Waals surface area contributed by atoms with Gasteiger partial charge in [0, 0.05) is 31.9 Å². The fraction of sp³-hybridized carbons (Fsp3) is 0.562. The van der Waals surface area contributed by atoms with Crippen LogP contribution >= 0.6 is 0 Å². The smallest absolute Gasteiger partial charge is 0.223 e. The summed E-state index contributed by atoms with van der Waals surface area (Å²) in [6.07, 6.45) is 9.01. The fourth-order valence-electron chi connectivity index (χ4n) is 2.13. The Morgan fingerprint density at radius 2 is 2.21 bits per heavy atom. The van der Waals surface area contributed by atoms with Gasteiger partial charge in [-0.25, -0.2) is 0 Å². The molecule has 1 amide bonds. The molecule has 0 unspecified atom stereocenters. The summed E-state index contributed by atoms with van der Waals surface area (Å²) in [7, 11) is 2.01. The zero-order valence-electron chi connectivity index (χ0n) is 12.3. The summed E-state index contributed by atoms with van der Waals surface area (Å²) >= 11 is 0. The molecule has 0 spiro atoms. The maximum atomic E-state index is 12.2. The third-order valence-electron chi connectivity index (χ3n) is 3.35. The Balaban J connectivity index is 2.49. The van der Waals surface area contributed by atoms with E-state index in [1.54, 1.807) is 6.08 Å². The SMILES string of the molecule is C=CCN(Cc1cccn1C)C(=O)CCCCCC. The van der Waals surface area contributed by atoms with Crippen LogP contribution in [0.1, 0.15) is 44.7 Å². The second-order valence-electron chi connectivity index (χ2n) is 4.98. The van der Waals surface area contributed by atoms with Crippen LogP contribution in [0.3, 0.4) is 0 Å². The first-order valence-electron chi connectivity index (χ1n) is 7.18. The summed E-state index contributed by atoms with van der Waals surface area (Å²) in [6, 6.07) is 4.06. The van der Waals surface area contributed by atoms with E-state index >= 15 is 0 Å². The number of aryl methyl sites for hydroxylation is 1. The number of carbonyl (C=O) groups excluding carboxylic acids is 1. The molecule has 0 aliphatic rings. The van der Waals surface area contributed by atoms with Crippen LogP contribution < -0.4 is 0 Å². The van der Waals surface area contributed by atoms with Crippen LogP contribution in [-0.4, -0.2) is 21.9 Å². The number of carbonyl (C=O) groups is 1. The lowest BCUT2D eigenvalue weighted by Gasteiger charge is -2.21. The summed E-state index contributed by atoms with van der Waals surface area (Å²) in [6.45, 7) is 7.22. The number of unbranched alkanes of at least 4 members (excludes halogenated alkanes) is 3. The normalized spacial score (nSPS) is 10.4. The minimum Gasteiger partial charge on any atom is -0.353 e. The summed E-state index contributed by atoms with van der Waals surface area (Å²) in [5.74, 6) is 0.234. The molecule has 19 heavy (non-hydrogen) atoms. The van der Waals surface area contributed by atoms with Crippen molar-refractivity contribution in [2.45, 2.75) is 45.6 Å². The lowest BCUT2D eigenvalue weighted by atomic mass is 10.1. The molecular weight excluding hydrogens is 236 g/mol. The van der Waals surface area contributed by atoms with Crippen LogP contribution in [-0.2, 0) is 18.4 Å². The molecule has 1 aromatic rings. The summed E-state index contributed by atoms with van der Waals surface area (Å²) in [5, 5.41) is 0. The Morgan fingerprint density at radius 3 is 2.79 bits per heavy atom. The van der Waals surface area contributed by atoms with Crippen molar-refractivity contribution < 1.29 is 4.79 Å². The Bertz CT molecular complexity index is 395. The molecule has 1 heterocycles. The van der Waals surface area contributed by atoms with Gasteiger partial charge in [-0.1, -0.05) is 32.3 Å². The number of amides is 1. The van der Waals surface area contributed by atoms with Crippen molar-refractivity contribution in [1.29, 1.82) is 0 Å². The highest BCUT2D eigenvalue weighted by atomic mass is 16.2. The number of nitrogens with zero attached hydrogens (tertiary/aromatic N) is 2. The average molecular weight is 262 g/mol. The molecule has 0 aromatic carbocycles. The van der Waals surface area contributed by atoms with Gasteiger partial charge < -0.3 is 9.47 Å². The van der Waals surface area contributed by atoms with Gasteiger partial charge in [0.1, 0.15) is 0 Å². The molecule has 0 saturated heterocycles. The topological polar surface area (TPSA) is 25.2 Å². The van der Waals surface area contributed by atoms with Crippen LogP contribution in [0.4, 0.5) is 0 Å². The molecule has 0 saturated carbocycles. The van der Waals surface area contributed by atoms with Gasteiger partial charge in [-0.3, -0.25) is 4.79 Å². The van der Waals surface area contributed by atoms with Crippen LogP contribution in [0.15, 0.2) is 31.0 Å². The molecule has 0 radical (unpaired) electrons. The summed E-state index contributed by atoms with van der Waals surface area (Å²) < 4.78 is 2.06. The van der Waals surface area contributed by atoms with Crippen molar-refractivity contribution in [3.8, 4) is 0 Å². The molecule has 3 nitrogen and oxygen atoms in total. The first kappa shape index (κ1) is 15.5. The highest BCUT2D eigenvalue weighted by Crippen LogP contribution is 2.10. The third kappa shape index (κ3) is 5.33. The maximum absolute atomic E-state index is 12.2. The van der Waals surface area contributed by atoms with Crippen molar-refractivity contribution in [1.82, 2.24) is 9.47 Å². The largest absolute Gasteiger partial charge is 0.353 e. The predicted molar refractivity (Wildman–Crippen MR) is 79.8 cm³/mol. The van der Waals surface area contributed by atoms with Crippen LogP contribution in [0.2, 0.25) is 0 Å². The standard InChI is InChI=1S/C16H26N2O/c1-4-6-7-8-11-16(19)18(12-5-2)14-15-10-9-13-17(15)3/h5,9-10,13H,2,4,6-8,11-12,14H2,1,3H3. The van der Waals surface area contributed by atoms with E-state index in [1.165, 1.54) is 12.8 Å². The fourth-order valence-corrected chi connectivity index (χ4v) is 2.13. The van der Waals surface area contributed by atoms with Crippen molar-refractivity contribution >= 4 is 5.91 Å². The number of aromatic nitrogens is 1. The Kier molecular flexibility index (Phi) is 7.01. The van der Waals surface area contributed by atoms with Crippen molar-refractivity contribution in [3.63, 3.8) is 0 Å². The first-order chi connectivity index (χ1) is 9.19. The first-order valence-corrected chi connectivity index (χ1v) is 7.18. The van der Waals surface area contributed by atoms with E-state index in [1.807, 2.05) is 24.2 Å². The van der Waals surface area contributed by atoms with Crippen molar-refractivity contribution in [2.24, 2.45) is 7.05 Å². The van der Waals surface area contributed by atoms with Gasteiger partial charge in [0.25, 0.3) is 0 Å². The lowest BCUT2D eigenvalue weighted by Crippen LogP contribution is -2.31. The molecule has 0 aliphatic carbocycles. The van der Waals surface area contributed by atoms with Gasteiger partial charge in [-0.05, 0) is 18.6 Å². The Labute approximate surface area is 116 Å². The molecule has 1 rings (SSSR count). The van der Waals surface area contributed by atoms with E-state index in [0.29, 0.717) is 19.5 Å². The van der Waals surface area contributed by atoms with Gasteiger partial charge in [-0.2, -0.15) is 0 Å². The minimum atomic E-state index is 0.234. The van der Waals surface area contributed by atoms with E-state index in [0.717, 1.165) is 18.5 Å². The molecule has 0 fully saturated rings. The third-order valence-corrected chi connectivity index (χ3v) is 3.35. The highest BCUT2D eigenvalue weighted by Gasteiger charge is 2.13. The molecule has 106 valence electrons. The average Bonchev–Trinajstić information content (AvgIpc) is 2.79. The van der Waals surface area contributed by atoms with Gasteiger partial charge in [0.2, 0.25) is 5.91 Å².